The first-order valence-corrected chi connectivity index (χ1v) is 9.89. The number of benzene rings is 1. The molecule has 1 N–H and O–H groups in total. The Morgan fingerprint density at radius 1 is 1.12 bits per heavy atom. The molecule has 1 saturated heterocycles. The first kappa shape index (κ1) is 17.7. The van der Waals surface area contributed by atoms with Crippen molar-refractivity contribution < 1.29 is 17.9 Å². The third kappa shape index (κ3) is 3.93. The van der Waals surface area contributed by atoms with Gasteiger partial charge in [-0.1, -0.05) is 0 Å². The van der Waals surface area contributed by atoms with Crippen LogP contribution in [0.2, 0.25) is 0 Å². The van der Waals surface area contributed by atoms with E-state index in [0.29, 0.717) is 24.6 Å². The molecule has 1 aromatic heterocycles. The van der Waals surface area contributed by atoms with Gasteiger partial charge in [0.2, 0.25) is 10.0 Å². The molecule has 1 aromatic carbocycles. The van der Waals surface area contributed by atoms with Crippen molar-refractivity contribution in [3.63, 3.8) is 0 Å². The van der Waals surface area contributed by atoms with E-state index in [9.17, 15) is 8.42 Å². The van der Waals surface area contributed by atoms with Crippen LogP contribution in [0.1, 0.15) is 12.8 Å². The van der Waals surface area contributed by atoms with Crippen molar-refractivity contribution in [3.8, 4) is 11.5 Å². The maximum absolute atomic E-state index is 11.4. The van der Waals surface area contributed by atoms with Gasteiger partial charge < -0.3 is 14.4 Å². The molecular formula is C16H22N4O4S. The zero-order valence-electron chi connectivity index (χ0n) is 14.5. The molecule has 9 heteroatoms. The lowest BCUT2D eigenvalue weighted by atomic mass is 10.1. The van der Waals surface area contributed by atoms with Crippen molar-refractivity contribution in [3.05, 3.63) is 18.5 Å². The van der Waals surface area contributed by atoms with E-state index in [-0.39, 0.29) is 6.04 Å². The highest BCUT2D eigenvalue weighted by molar-refractivity contribution is 7.88. The number of sulfonamides is 1. The van der Waals surface area contributed by atoms with Crippen LogP contribution in [0.5, 0.6) is 11.5 Å². The van der Waals surface area contributed by atoms with Gasteiger partial charge in [0.25, 0.3) is 0 Å². The third-order valence-corrected chi connectivity index (χ3v) is 5.06. The summed E-state index contributed by atoms with van der Waals surface area (Å²) in [5, 5.41) is 0.884. The standard InChI is InChI=1S/C16H22N4O4S/c1-23-14-8-12-13(9-15(14)24-2)17-10-18-16(12)20-6-4-11(5-7-20)19-25(3,21)22/h8-11,19H,4-7H2,1-3H3. The topological polar surface area (TPSA) is 93.7 Å². The van der Waals surface area contributed by atoms with Crippen LogP contribution < -0.4 is 19.1 Å². The normalized spacial score (nSPS) is 16.2. The van der Waals surface area contributed by atoms with Crippen LogP contribution in [0, 0.1) is 0 Å². The molecule has 0 spiro atoms. The molecule has 0 aliphatic carbocycles. The van der Waals surface area contributed by atoms with Crippen LogP contribution in [-0.2, 0) is 10.0 Å². The van der Waals surface area contributed by atoms with Gasteiger partial charge in [-0.05, 0) is 18.9 Å². The monoisotopic (exact) mass is 366 g/mol. The summed E-state index contributed by atoms with van der Waals surface area (Å²) in [5.41, 5.74) is 0.777. The number of anilines is 1. The number of piperidine rings is 1. The number of aromatic nitrogens is 2. The predicted molar refractivity (Wildman–Crippen MR) is 95.9 cm³/mol. The van der Waals surface area contributed by atoms with Crippen molar-refractivity contribution in [1.82, 2.24) is 14.7 Å². The molecule has 25 heavy (non-hydrogen) atoms. The SMILES string of the molecule is COc1cc2ncnc(N3CCC(NS(C)(=O)=O)CC3)c2cc1OC. The van der Waals surface area contributed by atoms with Crippen molar-refractivity contribution in [1.29, 1.82) is 0 Å². The Hall–Kier alpha value is -2.13. The molecular weight excluding hydrogens is 344 g/mol. The van der Waals surface area contributed by atoms with E-state index < -0.39 is 10.0 Å². The van der Waals surface area contributed by atoms with Crippen LogP contribution in [0.4, 0.5) is 5.82 Å². The minimum absolute atomic E-state index is 0.0334. The Morgan fingerprint density at radius 2 is 1.76 bits per heavy atom. The fourth-order valence-electron chi connectivity index (χ4n) is 3.13. The Kier molecular flexibility index (Phi) is 4.96. The van der Waals surface area contributed by atoms with Gasteiger partial charge in [-0.3, -0.25) is 0 Å². The zero-order chi connectivity index (χ0) is 18.0. The Bertz CT molecular complexity index is 864. The van der Waals surface area contributed by atoms with Gasteiger partial charge in [0.05, 0.1) is 26.0 Å². The highest BCUT2D eigenvalue weighted by Gasteiger charge is 2.24. The summed E-state index contributed by atoms with van der Waals surface area (Å²) in [7, 11) is -0.000414. The Balaban J connectivity index is 1.87. The molecule has 0 bridgehead atoms. The molecule has 0 amide bonds. The second-order valence-corrected chi connectivity index (χ2v) is 7.85. The largest absolute Gasteiger partial charge is 0.493 e. The maximum Gasteiger partial charge on any atom is 0.208 e. The fraction of sp³-hybridized carbons (Fsp3) is 0.500. The number of hydrogen-bond donors (Lipinski definition) is 1. The number of nitrogens with one attached hydrogen (secondary N) is 1. The zero-order valence-corrected chi connectivity index (χ0v) is 15.3. The van der Waals surface area contributed by atoms with Crippen LogP contribution in [0.25, 0.3) is 10.9 Å². The minimum Gasteiger partial charge on any atom is -0.493 e. The van der Waals surface area contributed by atoms with Gasteiger partial charge in [-0.25, -0.2) is 23.1 Å². The molecule has 1 aliphatic heterocycles. The smallest absolute Gasteiger partial charge is 0.208 e. The highest BCUT2D eigenvalue weighted by atomic mass is 32.2. The molecule has 0 unspecified atom stereocenters. The number of methoxy groups -OCH3 is 2. The number of hydrogen-bond acceptors (Lipinski definition) is 7. The summed E-state index contributed by atoms with van der Waals surface area (Å²) in [5.74, 6) is 2.07. The molecule has 2 aromatic rings. The van der Waals surface area contributed by atoms with Crippen LogP contribution in [0.15, 0.2) is 18.5 Å². The second kappa shape index (κ2) is 7.01. The molecule has 0 atom stereocenters. The summed E-state index contributed by atoms with van der Waals surface area (Å²) in [6.45, 7) is 1.43. The van der Waals surface area contributed by atoms with E-state index >= 15 is 0 Å². The van der Waals surface area contributed by atoms with Crippen molar-refractivity contribution in [2.24, 2.45) is 0 Å². The molecule has 0 saturated carbocycles. The van der Waals surface area contributed by atoms with Gasteiger partial charge in [-0.2, -0.15) is 0 Å². The summed E-state index contributed by atoms with van der Waals surface area (Å²) in [6.07, 6.45) is 4.18. The molecule has 1 aliphatic rings. The number of ether oxygens (including phenoxy) is 2. The Morgan fingerprint density at radius 3 is 2.36 bits per heavy atom. The quantitative estimate of drug-likeness (QED) is 0.849. The summed E-state index contributed by atoms with van der Waals surface area (Å²) in [6, 6.07) is 3.68. The van der Waals surface area contributed by atoms with Gasteiger partial charge >= 0.3 is 0 Å². The first-order valence-electron chi connectivity index (χ1n) is 8.00. The number of nitrogens with zero attached hydrogens (tertiary/aromatic N) is 3. The predicted octanol–water partition coefficient (Wildman–Crippen LogP) is 1.17. The first-order chi connectivity index (χ1) is 11.9. The maximum atomic E-state index is 11.4. The van der Waals surface area contributed by atoms with Crippen molar-refractivity contribution >= 4 is 26.7 Å². The third-order valence-electron chi connectivity index (χ3n) is 4.29. The van der Waals surface area contributed by atoms with E-state index in [2.05, 4.69) is 19.6 Å². The summed E-state index contributed by atoms with van der Waals surface area (Å²) >= 11 is 0. The lowest BCUT2D eigenvalue weighted by Gasteiger charge is -2.33. The van der Waals surface area contributed by atoms with Gasteiger partial charge in [-0.15, -0.1) is 0 Å². The van der Waals surface area contributed by atoms with Crippen molar-refractivity contribution in [2.45, 2.75) is 18.9 Å². The molecule has 2 heterocycles. The minimum atomic E-state index is -3.18. The summed E-state index contributed by atoms with van der Waals surface area (Å²) in [4.78, 5) is 10.9. The van der Waals surface area contributed by atoms with Gasteiger partial charge in [0, 0.05) is 30.6 Å². The van der Waals surface area contributed by atoms with Crippen molar-refractivity contribution in [2.75, 3.05) is 38.5 Å². The van der Waals surface area contributed by atoms with E-state index in [4.69, 9.17) is 9.47 Å². The summed E-state index contributed by atoms with van der Waals surface area (Å²) < 4.78 is 36.2. The molecule has 3 rings (SSSR count). The fourth-order valence-corrected chi connectivity index (χ4v) is 3.97. The van der Waals surface area contributed by atoms with Crippen LogP contribution in [-0.4, -0.2) is 58.0 Å². The van der Waals surface area contributed by atoms with E-state index in [0.717, 1.165) is 29.6 Å². The molecule has 0 radical (unpaired) electrons. The van der Waals surface area contributed by atoms with E-state index in [1.807, 2.05) is 12.1 Å². The number of fused-ring (bicyclic) bond motifs is 1. The average Bonchev–Trinajstić information content (AvgIpc) is 2.59. The molecule has 8 nitrogen and oxygen atoms in total. The van der Waals surface area contributed by atoms with Gasteiger partial charge in [0.1, 0.15) is 12.1 Å². The second-order valence-electron chi connectivity index (χ2n) is 6.07. The average molecular weight is 366 g/mol. The Labute approximate surface area is 147 Å². The highest BCUT2D eigenvalue weighted by Crippen LogP contribution is 2.35. The van der Waals surface area contributed by atoms with E-state index in [1.165, 1.54) is 12.6 Å². The lowest BCUT2D eigenvalue weighted by Crippen LogP contribution is -2.44. The number of rotatable bonds is 5. The van der Waals surface area contributed by atoms with Gasteiger partial charge in [0.15, 0.2) is 11.5 Å². The molecule has 1 fully saturated rings. The van der Waals surface area contributed by atoms with E-state index in [1.54, 1.807) is 14.2 Å². The van der Waals surface area contributed by atoms with Crippen LogP contribution >= 0.6 is 0 Å². The van der Waals surface area contributed by atoms with Crippen LogP contribution in [0.3, 0.4) is 0 Å². The lowest BCUT2D eigenvalue weighted by molar-refractivity contribution is 0.355. The molecule has 136 valence electrons.